The first-order chi connectivity index (χ1) is 8.51. The van der Waals surface area contributed by atoms with E-state index in [4.69, 9.17) is 0 Å². The Labute approximate surface area is 123 Å². The molecule has 0 saturated heterocycles. The van der Waals surface area contributed by atoms with Crippen LogP contribution in [-0.2, 0) is 10.0 Å². The molecular weight excluding hydrogens is 354 g/mol. The maximum atomic E-state index is 12.0. The van der Waals surface area contributed by atoms with Crippen molar-refractivity contribution in [3.63, 3.8) is 0 Å². The van der Waals surface area contributed by atoms with Gasteiger partial charge in [-0.15, -0.1) is 23.1 Å². The molecule has 2 aromatic rings. The first kappa shape index (κ1) is 13.9. The lowest BCUT2D eigenvalue weighted by Gasteiger charge is -2.06. The van der Waals surface area contributed by atoms with Crippen molar-refractivity contribution in [3.8, 4) is 0 Å². The van der Waals surface area contributed by atoms with Crippen molar-refractivity contribution in [2.75, 3.05) is 11.0 Å². The van der Waals surface area contributed by atoms with Gasteiger partial charge in [0.1, 0.15) is 4.21 Å². The van der Waals surface area contributed by atoms with Crippen LogP contribution in [0.25, 0.3) is 0 Å². The molecule has 0 aliphatic heterocycles. The van der Waals surface area contributed by atoms with Gasteiger partial charge < -0.3 is 0 Å². The highest BCUT2D eigenvalue weighted by Crippen LogP contribution is 2.28. The minimum Gasteiger partial charge on any atom is -0.279 e. The van der Waals surface area contributed by atoms with E-state index >= 15 is 0 Å². The van der Waals surface area contributed by atoms with Crippen molar-refractivity contribution in [2.24, 2.45) is 0 Å². The molecule has 0 radical (unpaired) electrons. The van der Waals surface area contributed by atoms with Crippen LogP contribution in [0.1, 0.15) is 0 Å². The fourth-order valence-corrected chi connectivity index (χ4v) is 4.78. The largest absolute Gasteiger partial charge is 0.279 e. The van der Waals surface area contributed by atoms with Gasteiger partial charge in [-0.1, -0.05) is 0 Å². The Morgan fingerprint density at radius 1 is 1.17 bits per heavy atom. The van der Waals surface area contributed by atoms with Crippen LogP contribution in [-0.4, -0.2) is 14.7 Å². The van der Waals surface area contributed by atoms with Gasteiger partial charge in [0.15, 0.2) is 0 Å². The molecule has 0 aliphatic rings. The third kappa shape index (κ3) is 3.28. The molecule has 96 valence electrons. The van der Waals surface area contributed by atoms with Gasteiger partial charge in [-0.25, -0.2) is 8.42 Å². The number of hydrogen-bond donors (Lipinski definition) is 1. The Bertz CT molecular complexity index is 635. The number of halogens is 1. The van der Waals surface area contributed by atoms with E-state index in [0.717, 1.165) is 8.68 Å². The molecule has 0 bridgehead atoms. The summed E-state index contributed by atoms with van der Waals surface area (Å²) >= 11 is 6.05. The summed E-state index contributed by atoms with van der Waals surface area (Å²) in [6, 6.07) is 10.6. The Hall–Kier alpha value is -0.500. The van der Waals surface area contributed by atoms with Crippen molar-refractivity contribution in [2.45, 2.75) is 9.10 Å². The third-order valence-corrected chi connectivity index (χ3v) is 6.40. The summed E-state index contributed by atoms with van der Waals surface area (Å²) in [5, 5.41) is 0. The van der Waals surface area contributed by atoms with Crippen LogP contribution in [0.3, 0.4) is 0 Å². The van der Waals surface area contributed by atoms with Gasteiger partial charge in [-0.2, -0.15) is 0 Å². The Morgan fingerprint density at radius 2 is 1.83 bits per heavy atom. The number of anilines is 1. The number of benzene rings is 1. The normalized spacial score (nSPS) is 11.4. The molecule has 7 heteroatoms. The van der Waals surface area contributed by atoms with Crippen molar-refractivity contribution >= 4 is 54.7 Å². The summed E-state index contributed by atoms with van der Waals surface area (Å²) in [6.07, 6.45) is 1.97. The molecule has 0 unspecified atom stereocenters. The van der Waals surface area contributed by atoms with Crippen LogP contribution in [0, 0.1) is 0 Å². The standard InChI is InChI=1S/C11H10BrNO2S3/c1-16-9-4-2-8(3-5-9)13-18(14,15)11-7-6-10(12)17-11/h2-7,13H,1H3. The topological polar surface area (TPSA) is 46.2 Å². The molecule has 0 atom stereocenters. The molecule has 3 nitrogen and oxygen atoms in total. The molecule has 1 N–H and O–H groups in total. The van der Waals surface area contributed by atoms with Gasteiger partial charge in [0.05, 0.1) is 3.79 Å². The zero-order valence-electron chi connectivity index (χ0n) is 9.38. The van der Waals surface area contributed by atoms with Crippen LogP contribution in [0.5, 0.6) is 0 Å². The Morgan fingerprint density at radius 3 is 2.33 bits per heavy atom. The summed E-state index contributed by atoms with van der Waals surface area (Å²) in [6.45, 7) is 0. The van der Waals surface area contributed by atoms with E-state index < -0.39 is 10.0 Å². The second-order valence-corrected chi connectivity index (χ2v) is 8.64. The fourth-order valence-electron chi connectivity index (χ4n) is 1.31. The van der Waals surface area contributed by atoms with E-state index in [-0.39, 0.29) is 0 Å². The van der Waals surface area contributed by atoms with Gasteiger partial charge in [0.25, 0.3) is 10.0 Å². The van der Waals surface area contributed by atoms with Crippen LogP contribution in [0.4, 0.5) is 5.69 Å². The lowest BCUT2D eigenvalue weighted by molar-refractivity contribution is 0.603. The van der Waals surface area contributed by atoms with E-state index in [1.165, 1.54) is 11.3 Å². The van der Waals surface area contributed by atoms with E-state index in [1.54, 1.807) is 36.0 Å². The number of sulfonamides is 1. The molecule has 0 aliphatic carbocycles. The summed E-state index contributed by atoms with van der Waals surface area (Å²) in [4.78, 5) is 1.09. The zero-order valence-corrected chi connectivity index (χ0v) is 13.4. The summed E-state index contributed by atoms with van der Waals surface area (Å²) in [5.74, 6) is 0. The highest BCUT2D eigenvalue weighted by atomic mass is 79.9. The average Bonchev–Trinajstić information content (AvgIpc) is 2.77. The van der Waals surface area contributed by atoms with Gasteiger partial charge >= 0.3 is 0 Å². The van der Waals surface area contributed by atoms with Crippen LogP contribution in [0.2, 0.25) is 0 Å². The SMILES string of the molecule is CSc1ccc(NS(=O)(=O)c2ccc(Br)s2)cc1. The zero-order chi connectivity index (χ0) is 13.2. The predicted molar refractivity (Wildman–Crippen MR) is 81.1 cm³/mol. The summed E-state index contributed by atoms with van der Waals surface area (Å²) in [7, 11) is -3.48. The number of rotatable bonds is 4. The molecule has 0 fully saturated rings. The molecule has 1 heterocycles. The van der Waals surface area contributed by atoms with E-state index in [2.05, 4.69) is 20.7 Å². The molecule has 0 amide bonds. The van der Waals surface area contributed by atoms with Crippen LogP contribution in [0.15, 0.2) is 49.3 Å². The molecule has 0 spiro atoms. The summed E-state index contributed by atoms with van der Waals surface area (Å²) < 4.78 is 27.7. The molecular formula is C11H10BrNO2S3. The van der Waals surface area contributed by atoms with E-state index in [9.17, 15) is 8.42 Å². The monoisotopic (exact) mass is 363 g/mol. The predicted octanol–water partition coefficient (Wildman–Crippen LogP) is 4.03. The molecule has 0 saturated carbocycles. The van der Waals surface area contributed by atoms with Gasteiger partial charge in [0.2, 0.25) is 0 Å². The minimum atomic E-state index is -3.48. The van der Waals surface area contributed by atoms with Crippen molar-refractivity contribution in [3.05, 3.63) is 40.2 Å². The van der Waals surface area contributed by atoms with Gasteiger partial charge in [-0.3, -0.25) is 4.72 Å². The maximum absolute atomic E-state index is 12.0. The first-order valence-corrected chi connectivity index (χ1v) is 9.25. The lowest BCUT2D eigenvalue weighted by atomic mass is 10.3. The van der Waals surface area contributed by atoms with Crippen molar-refractivity contribution in [1.82, 2.24) is 0 Å². The molecule has 18 heavy (non-hydrogen) atoms. The second-order valence-electron chi connectivity index (χ2n) is 3.39. The fraction of sp³-hybridized carbons (Fsp3) is 0.0909. The minimum absolute atomic E-state index is 0.295. The highest BCUT2D eigenvalue weighted by Gasteiger charge is 2.16. The van der Waals surface area contributed by atoms with Gasteiger partial charge in [-0.05, 0) is 58.6 Å². The van der Waals surface area contributed by atoms with Crippen LogP contribution >= 0.6 is 39.0 Å². The quantitative estimate of drug-likeness (QED) is 0.833. The first-order valence-electron chi connectivity index (χ1n) is 4.93. The molecule has 1 aromatic heterocycles. The second kappa shape index (κ2) is 5.64. The van der Waals surface area contributed by atoms with Crippen molar-refractivity contribution < 1.29 is 8.42 Å². The number of nitrogens with one attached hydrogen (secondary N) is 1. The van der Waals surface area contributed by atoms with E-state index in [1.807, 2.05) is 18.4 Å². The Balaban J connectivity index is 2.22. The summed E-state index contributed by atoms with van der Waals surface area (Å²) in [5.41, 5.74) is 0.567. The Kier molecular flexibility index (Phi) is 4.37. The average molecular weight is 364 g/mol. The lowest BCUT2D eigenvalue weighted by Crippen LogP contribution is -2.11. The van der Waals surface area contributed by atoms with Gasteiger partial charge in [0, 0.05) is 10.6 Å². The maximum Gasteiger partial charge on any atom is 0.271 e. The highest BCUT2D eigenvalue weighted by molar-refractivity contribution is 9.11. The number of thiophene rings is 1. The smallest absolute Gasteiger partial charge is 0.271 e. The molecule has 2 rings (SSSR count). The molecule has 1 aromatic carbocycles. The van der Waals surface area contributed by atoms with E-state index in [0.29, 0.717) is 9.90 Å². The van der Waals surface area contributed by atoms with Crippen LogP contribution < -0.4 is 4.72 Å². The van der Waals surface area contributed by atoms with Crippen molar-refractivity contribution in [1.29, 1.82) is 0 Å². The number of hydrogen-bond acceptors (Lipinski definition) is 4. The third-order valence-electron chi connectivity index (χ3n) is 2.16. The number of thioether (sulfide) groups is 1.